The maximum atomic E-state index is 10.6. The molecule has 0 aliphatic rings. The van der Waals surface area contributed by atoms with Crippen molar-refractivity contribution >= 4 is 17.7 Å². The average Bonchev–Trinajstić information content (AvgIpc) is 2.33. The summed E-state index contributed by atoms with van der Waals surface area (Å²) in [5, 5.41) is 16.8. The number of hydrogen-bond acceptors (Lipinski definition) is 4. The second kappa shape index (κ2) is 4.97. The molecule has 0 aliphatic heterocycles. The summed E-state index contributed by atoms with van der Waals surface area (Å²) in [5.74, 6) is -1.07. The smallest absolute Gasteiger partial charge is 0.356 e. The van der Waals surface area contributed by atoms with Crippen molar-refractivity contribution in [3.05, 3.63) is 47.7 Å². The number of aromatic carboxylic acids is 1. The zero-order chi connectivity index (χ0) is 12.3. The van der Waals surface area contributed by atoms with Gasteiger partial charge in [0.25, 0.3) is 0 Å². The molecule has 5 heteroatoms. The number of rotatable bonds is 3. The van der Waals surface area contributed by atoms with E-state index >= 15 is 0 Å². The normalized spacial score (nSPS) is 10.2. The van der Waals surface area contributed by atoms with Crippen molar-refractivity contribution in [1.82, 2.24) is 10.2 Å². The van der Waals surface area contributed by atoms with E-state index in [4.69, 9.17) is 5.11 Å². The number of hydrogen-bond donors (Lipinski definition) is 1. The molecule has 0 bridgehead atoms. The zero-order valence-electron chi connectivity index (χ0n) is 9.12. The van der Waals surface area contributed by atoms with Crippen molar-refractivity contribution in [1.29, 1.82) is 0 Å². The summed E-state index contributed by atoms with van der Waals surface area (Å²) < 4.78 is 0. The number of benzene rings is 1. The van der Waals surface area contributed by atoms with E-state index in [-0.39, 0.29) is 5.69 Å². The third-order valence-electron chi connectivity index (χ3n) is 2.10. The molecular weight excluding hydrogens is 236 g/mol. The summed E-state index contributed by atoms with van der Waals surface area (Å²) in [6, 6.07) is 11.1. The van der Waals surface area contributed by atoms with E-state index in [0.717, 1.165) is 4.90 Å². The van der Waals surface area contributed by atoms with Gasteiger partial charge in [-0.1, -0.05) is 29.5 Å². The minimum atomic E-state index is -1.07. The van der Waals surface area contributed by atoms with E-state index in [9.17, 15) is 4.79 Å². The first-order valence-corrected chi connectivity index (χ1v) is 5.78. The van der Waals surface area contributed by atoms with Gasteiger partial charge in [-0.25, -0.2) is 4.79 Å². The Bertz CT molecular complexity index is 523. The molecule has 86 valence electrons. The van der Waals surface area contributed by atoms with Gasteiger partial charge in [0.05, 0.1) is 0 Å². The van der Waals surface area contributed by atoms with Gasteiger partial charge in [-0.2, -0.15) is 0 Å². The first-order valence-electron chi connectivity index (χ1n) is 4.97. The van der Waals surface area contributed by atoms with Gasteiger partial charge >= 0.3 is 5.97 Å². The molecule has 2 rings (SSSR count). The van der Waals surface area contributed by atoms with Crippen LogP contribution in [0.1, 0.15) is 16.1 Å². The first kappa shape index (κ1) is 11.6. The Kier molecular flexibility index (Phi) is 3.39. The molecule has 0 saturated heterocycles. The zero-order valence-corrected chi connectivity index (χ0v) is 9.94. The SMILES string of the molecule is Cc1ccc(Sc2ccc(C(=O)O)nn2)cc1. The van der Waals surface area contributed by atoms with Gasteiger partial charge in [0.15, 0.2) is 5.69 Å². The van der Waals surface area contributed by atoms with E-state index in [1.807, 2.05) is 31.2 Å². The standard InChI is InChI=1S/C12H10N2O2S/c1-8-2-4-9(5-3-8)17-11-7-6-10(12(15)16)13-14-11/h2-7H,1H3,(H,15,16). The summed E-state index contributed by atoms with van der Waals surface area (Å²) in [7, 11) is 0. The molecule has 1 heterocycles. The maximum absolute atomic E-state index is 10.6. The Morgan fingerprint density at radius 3 is 2.35 bits per heavy atom. The van der Waals surface area contributed by atoms with Crippen LogP contribution in [-0.2, 0) is 0 Å². The molecule has 1 aromatic heterocycles. The molecule has 0 amide bonds. The van der Waals surface area contributed by atoms with Gasteiger partial charge in [-0.3, -0.25) is 0 Å². The van der Waals surface area contributed by atoms with Crippen molar-refractivity contribution in [3.8, 4) is 0 Å². The molecule has 0 spiro atoms. The predicted molar refractivity (Wildman–Crippen MR) is 64.3 cm³/mol. The summed E-state index contributed by atoms with van der Waals surface area (Å²) in [4.78, 5) is 11.6. The van der Waals surface area contributed by atoms with Crippen LogP contribution in [-0.4, -0.2) is 21.3 Å². The lowest BCUT2D eigenvalue weighted by molar-refractivity contribution is 0.0689. The molecule has 0 radical (unpaired) electrons. The van der Waals surface area contributed by atoms with E-state index < -0.39 is 5.97 Å². The monoisotopic (exact) mass is 246 g/mol. The Morgan fingerprint density at radius 1 is 1.12 bits per heavy atom. The van der Waals surface area contributed by atoms with Crippen LogP contribution in [0.4, 0.5) is 0 Å². The molecule has 2 aromatic rings. The highest BCUT2D eigenvalue weighted by Crippen LogP contribution is 2.25. The highest BCUT2D eigenvalue weighted by Gasteiger charge is 2.05. The quantitative estimate of drug-likeness (QED) is 0.902. The van der Waals surface area contributed by atoms with Crippen molar-refractivity contribution in [2.24, 2.45) is 0 Å². The van der Waals surface area contributed by atoms with Crippen molar-refractivity contribution in [2.45, 2.75) is 16.8 Å². The van der Waals surface area contributed by atoms with Crippen molar-refractivity contribution < 1.29 is 9.90 Å². The Balaban J connectivity index is 2.13. The summed E-state index contributed by atoms with van der Waals surface area (Å²) in [5.41, 5.74) is 1.15. The predicted octanol–water partition coefficient (Wildman–Crippen LogP) is 2.63. The van der Waals surface area contributed by atoms with Crippen LogP contribution in [0.3, 0.4) is 0 Å². The Hall–Kier alpha value is -1.88. The second-order valence-electron chi connectivity index (χ2n) is 3.48. The molecule has 0 atom stereocenters. The summed E-state index contributed by atoms with van der Waals surface area (Å²) in [6.45, 7) is 2.02. The number of carboxylic acid groups (broad SMARTS) is 1. The average molecular weight is 246 g/mol. The maximum Gasteiger partial charge on any atom is 0.356 e. The fourth-order valence-electron chi connectivity index (χ4n) is 1.22. The van der Waals surface area contributed by atoms with Gasteiger partial charge in [-0.05, 0) is 31.2 Å². The number of aryl methyl sites for hydroxylation is 1. The van der Waals surface area contributed by atoms with E-state index in [1.54, 1.807) is 6.07 Å². The van der Waals surface area contributed by atoms with Gasteiger partial charge in [0.1, 0.15) is 5.03 Å². The van der Waals surface area contributed by atoms with E-state index in [2.05, 4.69) is 10.2 Å². The van der Waals surface area contributed by atoms with Gasteiger partial charge in [0.2, 0.25) is 0 Å². The molecule has 4 nitrogen and oxygen atoms in total. The largest absolute Gasteiger partial charge is 0.476 e. The van der Waals surface area contributed by atoms with Crippen molar-refractivity contribution in [3.63, 3.8) is 0 Å². The van der Waals surface area contributed by atoms with Gasteiger partial charge in [-0.15, -0.1) is 10.2 Å². The van der Waals surface area contributed by atoms with Crippen LogP contribution in [0.15, 0.2) is 46.3 Å². The molecule has 17 heavy (non-hydrogen) atoms. The lowest BCUT2D eigenvalue weighted by Gasteiger charge is -2.00. The minimum absolute atomic E-state index is 0.0433. The summed E-state index contributed by atoms with van der Waals surface area (Å²) in [6.07, 6.45) is 0. The number of nitrogens with zero attached hydrogens (tertiary/aromatic N) is 2. The molecule has 0 fully saturated rings. The second-order valence-corrected chi connectivity index (χ2v) is 4.57. The minimum Gasteiger partial charge on any atom is -0.476 e. The highest BCUT2D eigenvalue weighted by atomic mass is 32.2. The van der Waals surface area contributed by atoms with Crippen LogP contribution < -0.4 is 0 Å². The Morgan fingerprint density at radius 2 is 1.82 bits per heavy atom. The number of carboxylic acids is 1. The number of aromatic nitrogens is 2. The van der Waals surface area contributed by atoms with Crippen molar-refractivity contribution in [2.75, 3.05) is 0 Å². The van der Waals surface area contributed by atoms with Crippen LogP contribution in [0.25, 0.3) is 0 Å². The summed E-state index contributed by atoms with van der Waals surface area (Å²) >= 11 is 1.45. The highest BCUT2D eigenvalue weighted by molar-refractivity contribution is 7.99. The molecule has 1 N–H and O–H groups in total. The van der Waals surface area contributed by atoms with Crippen LogP contribution in [0.2, 0.25) is 0 Å². The molecule has 0 unspecified atom stereocenters. The topological polar surface area (TPSA) is 63.1 Å². The first-order chi connectivity index (χ1) is 8.15. The van der Waals surface area contributed by atoms with Gasteiger partial charge < -0.3 is 5.11 Å². The van der Waals surface area contributed by atoms with E-state index in [0.29, 0.717) is 5.03 Å². The molecule has 0 aliphatic carbocycles. The lowest BCUT2D eigenvalue weighted by atomic mass is 10.2. The molecule has 1 aromatic carbocycles. The third kappa shape index (κ3) is 3.04. The Labute approximate surface area is 103 Å². The fraction of sp³-hybridized carbons (Fsp3) is 0.0833. The van der Waals surface area contributed by atoms with Gasteiger partial charge in [0, 0.05) is 4.90 Å². The molecule has 0 saturated carbocycles. The van der Waals surface area contributed by atoms with E-state index in [1.165, 1.54) is 23.4 Å². The third-order valence-corrected chi connectivity index (χ3v) is 3.04. The lowest BCUT2D eigenvalue weighted by Crippen LogP contribution is -2.01. The fourth-order valence-corrected chi connectivity index (χ4v) is 1.95. The van der Waals surface area contributed by atoms with Crippen LogP contribution in [0, 0.1) is 6.92 Å². The molecular formula is C12H10N2O2S. The number of carbonyl (C=O) groups is 1. The van der Waals surface area contributed by atoms with Crippen LogP contribution in [0.5, 0.6) is 0 Å². The van der Waals surface area contributed by atoms with Crippen LogP contribution >= 0.6 is 11.8 Å².